The Bertz CT molecular complexity index is 1120. The lowest BCUT2D eigenvalue weighted by Gasteiger charge is -2.57. The number of fused-ring (bicyclic) bond motifs is 4. The number of carbonyl (C=O) groups excluding carboxylic acids is 1. The van der Waals surface area contributed by atoms with E-state index in [1.807, 2.05) is 18.2 Å². The third-order valence-corrected chi connectivity index (χ3v) is 8.08. The van der Waals surface area contributed by atoms with Crippen LogP contribution in [0.5, 0.6) is 0 Å². The minimum Gasteiger partial charge on any atom is -0.633 e. The van der Waals surface area contributed by atoms with Gasteiger partial charge in [-0.1, -0.05) is 25.1 Å². The van der Waals surface area contributed by atoms with Crippen molar-refractivity contribution in [2.75, 3.05) is 13.1 Å². The van der Waals surface area contributed by atoms with Crippen LogP contribution in [0.3, 0.4) is 0 Å². The van der Waals surface area contributed by atoms with Crippen LogP contribution >= 0.6 is 0 Å². The number of aromatic nitrogens is 1. The summed E-state index contributed by atoms with van der Waals surface area (Å²) < 4.78 is 1.58. The van der Waals surface area contributed by atoms with Gasteiger partial charge in [0.2, 0.25) is 0 Å². The van der Waals surface area contributed by atoms with Gasteiger partial charge < -0.3 is 15.6 Å². The average Bonchev–Trinajstić information content (AvgIpc) is 3.17. The molecule has 1 unspecified atom stereocenters. The normalized spacial score (nSPS) is 36.1. The van der Waals surface area contributed by atoms with E-state index >= 15 is 0 Å². The summed E-state index contributed by atoms with van der Waals surface area (Å²) >= 11 is 0. The second-order valence-electron chi connectivity index (χ2n) is 8.99. The lowest BCUT2D eigenvalue weighted by atomic mass is 9.59. The van der Waals surface area contributed by atoms with Crippen LogP contribution in [0, 0.1) is 11.1 Å². The minimum atomic E-state index is -0.679. The molecule has 1 aromatic carbocycles. The van der Waals surface area contributed by atoms with Crippen LogP contribution in [-0.2, 0) is 5.41 Å². The van der Waals surface area contributed by atoms with Crippen LogP contribution in [0.4, 0.5) is 0 Å². The Morgan fingerprint density at radius 3 is 2.93 bits per heavy atom. The van der Waals surface area contributed by atoms with E-state index < -0.39 is 11.3 Å². The van der Waals surface area contributed by atoms with Crippen molar-refractivity contribution < 1.29 is 9.44 Å². The highest BCUT2D eigenvalue weighted by atomic mass is 16.5. The Morgan fingerprint density at radius 2 is 2.18 bits per heavy atom. The quantitative estimate of drug-likeness (QED) is 0.642. The number of carbonyl (C=O) groups is 1. The van der Waals surface area contributed by atoms with E-state index in [0.717, 1.165) is 41.8 Å². The van der Waals surface area contributed by atoms with E-state index in [-0.39, 0.29) is 33.6 Å². The van der Waals surface area contributed by atoms with Crippen LogP contribution in [0.15, 0.2) is 35.1 Å². The van der Waals surface area contributed by atoms with Crippen molar-refractivity contribution in [3.05, 3.63) is 68.3 Å². The Morgan fingerprint density at radius 1 is 1.39 bits per heavy atom. The molecule has 28 heavy (non-hydrogen) atoms. The lowest BCUT2D eigenvalue weighted by molar-refractivity contribution is -0.904. The highest BCUT2D eigenvalue weighted by Gasteiger charge is 2.67. The molecule has 1 aromatic heterocycles. The summed E-state index contributed by atoms with van der Waals surface area (Å²) in [7, 11) is 0. The number of rotatable bonds is 2. The Balaban J connectivity index is 1.80. The first-order chi connectivity index (χ1) is 13.4. The van der Waals surface area contributed by atoms with Crippen molar-refractivity contribution in [1.29, 1.82) is 0 Å². The van der Waals surface area contributed by atoms with Gasteiger partial charge >= 0.3 is 0 Å². The molecule has 6 heteroatoms. The van der Waals surface area contributed by atoms with Crippen LogP contribution < -0.4 is 11.3 Å². The zero-order chi connectivity index (χ0) is 19.4. The number of para-hydroxylation sites is 1. The van der Waals surface area contributed by atoms with E-state index in [9.17, 15) is 14.8 Å². The number of hydrogen-bond donors (Lipinski definition) is 1. The zero-order valence-corrected chi connectivity index (χ0v) is 15.9. The molecule has 0 saturated carbocycles. The Kier molecular flexibility index (Phi) is 2.91. The van der Waals surface area contributed by atoms with Crippen LogP contribution in [0.25, 0.3) is 5.69 Å². The molecular weight excluding hydrogens is 354 g/mol. The van der Waals surface area contributed by atoms with Gasteiger partial charge in [0.05, 0.1) is 24.2 Å². The standard InChI is InChI=1S/C22H23N3O3/c1-2-12-11-25(28)8-7-22-16-5-3-4-6-17(16)24-19(22)14(13(12)10-18(22)25)9-15(20(23)26)21(24)27/h3-6,9,12-13,18H,2,7-8,10-11H2,1H3,(H2,23,26)/t12-,13+,18+,22-,25?/m1/s1. The molecule has 0 radical (unpaired) electrons. The Labute approximate surface area is 162 Å². The van der Waals surface area contributed by atoms with Gasteiger partial charge in [-0.25, -0.2) is 0 Å². The Hall–Kier alpha value is -2.44. The smallest absolute Gasteiger partial charge is 0.268 e. The van der Waals surface area contributed by atoms with E-state index in [0.29, 0.717) is 13.1 Å². The number of nitrogens with two attached hydrogens (primary N) is 1. The van der Waals surface area contributed by atoms with Crippen molar-refractivity contribution in [3.63, 3.8) is 0 Å². The molecule has 1 amide bonds. The fourth-order valence-corrected chi connectivity index (χ4v) is 7.00. The first-order valence-electron chi connectivity index (χ1n) is 10.2. The van der Waals surface area contributed by atoms with Gasteiger partial charge in [0.1, 0.15) is 11.6 Å². The second kappa shape index (κ2) is 4.93. The molecule has 6 rings (SSSR count). The maximum atomic E-state index is 13.9. The van der Waals surface area contributed by atoms with Crippen molar-refractivity contribution in [1.82, 2.24) is 4.57 Å². The van der Waals surface area contributed by atoms with Crippen LogP contribution in [0.1, 0.15) is 59.3 Å². The van der Waals surface area contributed by atoms with Gasteiger partial charge in [0, 0.05) is 24.5 Å². The molecule has 2 saturated heterocycles. The van der Waals surface area contributed by atoms with Gasteiger partial charge in [-0.05, 0) is 35.6 Å². The molecule has 1 aliphatic carbocycles. The van der Waals surface area contributed by atoms with Crippen molar-refractivity contribution in [2.45, 2.75) is 43.6 Å². The summed E-state index contributed by atoms with van der Waals surface area (Å²) in [5.41, 5.74) is 8.82. The molecule has 144 valence electrons. The largest absolute Gasteiger partial charge is 0.633 e. The third kappa shape index (κ3) is 1.60. The number of hydroxylamine groups is 3. The van der Waals surface area contributed by atoms with E-state index in [2.05, 4.69) is 13.0 Å². The number of primary amides is 1. The summed E-state index contributed by atoms with van der Waals surface area (Å²) in [5, 5.41) is 13.9. The highest BCUT2D eigenvalue weighted by Crippen LogP contribution is 2.63. The van der Waals surface area contributed by atoms with Gasteiger partial charge in [-0.3, -0.25) is 14.2 Å². The predicted molar refractivity (Wildman–Crippen MR) is 104 cm³/mol. The second-order valence-corrected chi connectivity index (χ2v) is 8.99. The maximum Gasteiger partial charge on any atom is 0.268 e. The van der Waals surface area contributed by atoms with Gasteiger partial charge in [-0.15, -0.1) is 0 Å². The SMILES string of the molecule is CC[C@@H]1C[N+]2([O-])CC[C@]34c5ccccc5-n5c3c(cc(C(N)=O)c5=O)[C@H]1C[C@@H]42. The summed E-state index contributed by atoms with van der Waals surface area (Å²) in [6, 6.07) is 9.61. The molecular formula is C22H23N3O3. The van der Waals surface area contributed by atoms with Crippen molar-refractivity contribution in [2.24, 2.45) is 11.7 Å². The topological polar surface area (TPSA) is 88.2 Å². The van der Waals surface area contributed by atoms with Crippen molar-refractivity contribution in [3.8, 4) is 5.69 Å². The fourth-order valence-electron chi connectivity index (χ4n) is 7.00. The molecule has 1 spiro atoms. The number of quaternary nitrogens is 1. The molecule has 3 aliphatic heterocycles. The first kappa shape index (κ1) is 16.5. The maximum absolute atomic E-state index is 13.9. The van der Waals surface area contributed by atoms with Crippen LogP contribution in [0.2, 0.25) is 0 Å². The van der Waals surface area contributed by atoms with Crippen molar-refractivity contribution >= 4 is 5.91 Å². The van der Waals surface area contributed by atoms with Gasteiger partial charge in [0.25, 0.3) is 11.5 Å². The zero-order valence-electron chi connectivity index (χ0n) is 15.9. The predicted octanol–water partition coefficient (Wildman–Crippen LogP) is 2.15. The summed E-state index contributed by atoms with van der Waals surface area (Å²) in [6.07, 6.45) is 2.49. The number of pyridine rings is 1. The van der Waals surface area contributed by atoms with E-state index in [1.54, 1.807) is 10.6 Å². The molecule has 2 fully saturated rings. The number of amides is 1. The average molecular weight is 377 g/mol. The molecule has 2 N–H and O–H groups in total. The minimum absolute atomic E-state index is 0.0541. The van der Waals surface area contributed by atoms with E-state index in [4.69, 9.17) is 5.73 Å². The van der Waals surface area contributed by atoms with Crippen LogP contribution in [-0.4, -0.2) is 34.3 Å². The molecule has 5 atom stereocenters. The molecule has 4 heterocycles. The number of nitrogens with zero attached hydrogens (tertiary/aromatic N) is 2. The number of benzene rings is 1. The molecule has 6 nitrogen and oxygen atoms in total. The highest BCUT2D eigenvalue weighted by molar-refractivity contribution is 5.93. The third-order valence-electron chi connectivity index (χ3n) is 8.08. The van der Waals surface area contributed by atoms with E-state index in [1.165, 1.54) is 0 Å². The molecule has 2 bridgehead atoms. The number of piperidine rings is 1. The first-order valence-corrected chi connectivity index (χ1v) is 10.2. The fraction of sp³-hybridized carbons (Fsp3) is 0.455. The summed E-state index contributed by atoms with van der Waals surface area (Å²) in [5.74, 6) is -0.214. The monoisotopic (exact) mass is 377 g/mol. The number of hydrogen-bond acceptors (Lipinski definition) is 3. The molecule has 2 aromatic rings. The lowest BCUT2D eigenvalue weighted by Crippen LogP contribution is -2.61. The van der Waals surface area contributed by atoms with Gasteiger partial charge in [0.15, 0.2) is 0 Å². The summed E-state index contributed by atoms with van der Waals surface area (Å²) in [6.45, 7) is 3.35. The molecule has 4 aliphatic rings. The van der Waals surface area contributed by atoms with Gasteiger partial charge in [-0.2, -0.15) is 0 Å². The summed E-state index contributed by atoms with van der Waals surface area (Å²) in [4.78, 5) is 25.4.